The van der Waals surface area contributed by atoms with E-state index in [2.05, 4.69) is 0 Å². The molecule has 1 fully saturated rings. The van der Waals surface area contributed by atoms with E-state index in [0.717, 1.165) is 22.5 Å². The van der Waals surface area contributed by atoms with E-state index < -0.39 is 44.5 Å². The van der Waals surface area contributed by atoms with Gasteiger partial charge in [-0.2, -0.15) is 4.31 Å². The highest BCUT2D eigenvalue weighted by atomic mass is 35.5. The van der Waals surface area contributed by atoms with Crippen molar-refractivity contribution in [3.8, 4) is 5.75 Å². The summed E-state index contributed by atoms with van der Waals surface area (Å²) in [6, 6.07) is 9.44. The number of primary amides is 1. The highest BCUT2D eigenvalue weighted by molar-refractivity contribution is 7.89. The summed E-state index contributed by atoms with van der Waals surface area (Å²) in [5.74, 6) is -3.05. The molecule has 2 atom stereocenters. The Morgan fingerprint density at radius 2 is 1.79 bits per heavy atom. The molecule has 2 aromatic carbocycles. The highest BCUT2D eigenvalue weighted by Gasteiger charge is 2.39. The molecule has 0 unspecified atom stereocenters. The number of ether oxygens (including phenoxy) is 1. The summed E-state index contributed by atoms with van der Waals surface area (Å²) in [4.78, 5) is 10.5. The van der Waals surface area contributed by atoms with Gasteiger partial charge in [-0.05, 0) is 42.8 Å². The second-order valence-electron chi connectivity index (χ2n) is 6.74. The smallest absolute Gasteiger partial charge is 0.248 e. The minimum Gasteiger partial charge on any atom is -0.490 e. The molecule has 0 spiro atoms. The molecule has 2 N–H and O–H groups in total. The van der Waals surface area contributed by atoms with Crippen molar-refractivity contribution in [3.63, 3.8) is 0 Å². The Kier molecular flexibility index (Phi) is 6.40. The summed E-state index contributed by atoms with van der Waals surface area (Å²) < 4.78 is 60.6. The molecule has 0 radical (unpaired) electrons. The monoisotopic (exact) mass is 444 g/mol. The Morgan fingerprint density at radius 1 is 1.17 bits per heavy atom. The van der Waals surface area contributed by atoms with Crippen LogP contribution in [0.4, 0.5) is 8.78 Å². The molecule has 1 aliphatic rings. The van der Waals surface area contributed by atoms with Crippen LogP contribution in [-0.2, 0) is 14.8 Å². The number of carbonyl (C=O) groups excluding carboxylic acids is 1. The third kappa shape index (κ3) is 4.85. The summed E-state index contributed by atoms with van der Waals surface area (Å²) in [7, 11) is -4.44. The van der Waals surface area contributed by atoms with Gasteiger partial charge in [0, 0.05) is 30.5 Å². The Labute approximate surface area is 172 Å². The van der Waals surface area contributed by atoms with Crippen LogP contribution >= 0.6 is 11.6 Å². The van der Waals surface area contributed by atoms with Crippen LogP contribution in [0, 0.1) is 17.6 Å². The maximum Gasteiger partial charge on any atom is 0.248 e. The summed E-state index contributed by atoms with van der Waals surface area (Å²) in [6.45, 7) is -0.180. The van der Waals surface area contributed by atoms with Gasteiger partial charge in [-0.15, -0.1) is 0 Å². The Hall–Kier alpha value is -2.23. The number of amides is 1. The number of benzene rings is 2. The lowest BCUT2D eigenvalue weighted by Gasteiger charge is -2.37. The Morgan fingerprint density at radius 3 is 2.38 bits per heavy atom. The molecule has 0 bridgehead atoms. The quantitative estimate of drug-likeness (QED) is 0.741. The van der Waals surface area contributed by atoms with Gasteiger partial charge >= 0.3 is 0 Å². The predicted molar refractivity (Wildman–Crippen MR) is 103 cm³/mol. The molecule has 1 aliphatic heterocycles. The number of piperidine rings is 1. The topological polar surface area (TPSA) is 89.7 Å². The Balaban J connectivity index is 1.84. The van der Waals surface area contributed by atoms with Crippen molar-refractivity contribution in [2.45, 2.75) is 23.8 Å². The normalized spacial score (nSPS) is 20.4. The third-order valence-electron chi connectivity index (χ3n) is 4.71. The average molecular weight is 445 g/mol. The molecular weight excluding hydrogens is 426 g/mol. The average Bonchev–Trinajstić information content (AvgIpc) is 2.64. The van der Waals surface area contributed by atoms with Gasteiger partial charge in [-0.1, -0.05) is 17.7 Å². The lowest BCUT2D eigenvalue weighted by molar-refractivity contribution is -0.120. The molecule has 156 valence electrons. The minimum atomic E-state index is -4.44. The maximum absolute atomic E-state index is 14.0. The van der Waals surface area contributed by atoms with Crippen molar-refractivity contribution in [1.29, 1.82) is 0 Å². The minimum absolute atomic E-state index is 0.0242. The second kappa shape index (κ2) is 8.64. The van der Waals surface area contributed by atoms with E-state index in [-0.39, 0.29) is 25.9 Å². The van der Waals surface area contributed by atoms with Crippen LogP contribution in [0.5, 0.6) is 5.75 Å². The molecule has 1 heterocycles. The molecule has 0 aromatic heterocycles. The number of hydrogen-bond donors (Lipinski definition) is 1. The van der Waals surface area contributed by atoms with Crippen molar-refractivity contribution < 1.29 is 26.7 Å². The highest BCUT2D eigenvalue weighted by Crippen LogP contribution is 2.31. The third-order valence-corrected chi connectivity index (χ3v) is 6.88. The van der Waals surface area contributed by atoms with Crippen molar-refractivity contribution in [3.05, 3.63) is 59.1 Å². The predicted octanol–water partition coefficient (Wildman–Crippen LogP) is 2.95. The lowest BCUT2D eigenvalue weighted by Crippen LogP contribution is -2.49. The first-order chi connectivity index (χ1) is 13.7. The number of sulfonamides is 1. The van der Waals surface area contributed by atoms with Gasteiger partial charge in [0.1, 0.15) is 23.5 Å². The zero-order valence-electron chi connectivity index (χ0n) is 15.2. The molecule has 10 heteroatoms. The molecule has 1 saturated heterocycles. The zero-order valence-corrected chi connectivity index (χ0v) is 16.8. The van der Waals surface area contributed by atoms with Crippen LogP contribution < -0.4 is 10.5 Å². The van der Waals surface area contributed by atoms with Crippen molar-refractivity contribution >= 4 is 27.5 Å². The Bertz CT molecular complexity index is 982. The van der Waals surface area contributed by atoms with E-state index in [1.165, 1.54) is 0 Å². The van der Waals surface area contributed by atoms with Crippen LogP contribution in [0.25, 0.3) is 0 Å². The van der Waals surface area contributed by atoms with Gasteiger partial charge in [0.05, 0.1) is 0 Å². The van der Waals surface area contributed by atoms with Gasteiger partial charge in [-0.3, -0.25) is 4.79 Å². The first kappa shape index (κ1) is 21.5. The number of hydrogen-bond acceptors (Lipinski definition) is 4. The number of halogens is 3. The molecular formula is C19H19ClF2N2O4S. The van der Waals surface area contributed by atoms with Crippen LogP contribution in [0.3, 0.4) is 0 Å². The summed E-state index contributed by atoms with van der Waals surface area (Å²) in [5, 5.41) is 0.527. The van der Waals surface area contributed by atoms with Crippen molar-refractivity contribution in [2.75, 3.05) is 13.1 Å². The van der Waals surface area contributed by atoms with Crippen molar-refractivity contribution in [2.24, 2.45) is 11.7 Å². The molecule has 0 saturated carbocycles. The molecule has 0 aliphatic carbocycles. The molecule has 2 aromatic rings. The van der Waals surface area contributed by atoms with E-state index in [9.17, 15) is 22.0 Å². The van der Waals surface area contributed by atoms with Crippen LogP contribution in [0.15, 0.2) is 47.4 Å². The van der Waals surface area contributed by atoms with Gasteiger partial charge in [0.25, 0.3) is 0 Å². The van der Waals surface area contributed by atoms with Gasteiger partial charge in [0.2, 0.25) is 15.9 Å². The van der Waals surface area contributed by atoms with E-state index >= 15 is 0 Å². The SMILES string of the molecule is NC(=O)C[C@H]1CN(S(=O)(=O)c2c(F)cccc2F)CC[C@@H]1Oc1ccc(Cl)cc1. The van der Waals surface area contributed by atoms with Crippen LogP contribution in [0.1, 0.15) is 12.8 Å². The first-order valence-electron chi connectivity index (χ1n) is 8.83. The van der Waals surface area contributed by atoms with Gasteiger partial charge in [0.15, 0.2) is 4.90 Å². The summed E-state index contributed by atoms with van der Waals surface area (Å²) in [5.41, 5.74) is 5.31. The lowest BCUT2D eigenvalue weighted by atomic mass is 9.92. The molecule has 3 rings (SSSR count). The fourth-order valence-electron chi connectivity index (χ4n) is 3.35. The van der Waals surface area contributed by atoms with E-state index in [0.29, 0.717) is 10.8 Å². The number of rotatable bonds is 6. The van der Waals surface area contributed by atoms with E-state index in [4.69, 9.17) is 22.1 Å². The summed E-state index contributed by atoms with van der Waals surface area (Å²) >= 11 is 5.85. The maximum atomic E-state index is 14.0. The number of nitrogens with zero attached hydrogens (tertiary/aromatic N) is 1. The molecule has 29 heavy (non-hydrogen) atoms. The summed E-state index contributed by atoms with van der Waals surface area (Å²) in [6.07, 6.45) is -0.416. The van der Waals surface area contributed by atoms with Gasteiger partial charge < -0.3 is 10.5 Å². The largest absolute Gasteiger partial charge is 0.490 e. The fourth-order valence-corrected chi connectivity index (χ4v) is 5.10. The zero-order chi connectivity index (χ0) is 21.2. The van der Waals surface area contributed by atoms with Crippen molar-refractivity contribution in [1.82, 2.24) is 4.31 Å². The van der Waals surface area contributed by atoms with Crippen LogP contribution in [0.2, 0.25) is 5.02 Å². The van der Waals surface area contributed by atoms with E-state index in [1.807, 2.05) is 0 Å². The second-order valence-corrected chi connectivity index (χ2v) is 9.05. The van der Waals surface area contributed by atoms with E-state index in [1.54, 1.807) is 24.3 Å². The van der Waals surface area contributed by atoms with Gasteiger partial charge in [-0.25, -0.2) is 17.2 Å². The number of nitrogens with two attached hydrogens (primary N) is 1. The van der Waals surface area contributed by atoms with Crippen LogP contribution in [-0.4, -0.2) is 37.8 Å². The first-order valence-corrected chi connectivity index (χ1v) is 10.6. The molecule has 6 nitrogen and oxygen atoms in total. The number of carbonyl (C=O) groups is 1. The molecule has 1 amide bonds. The standard InChI is InChI=1S/C19H19ClF2N2O4S/c20-13-4-6-14(7-5-13)28-17-8-9-24(11-12(17)10-18(23)25)29(26,27)19-15(21)2-1-3-16(19)22/h1-7,12,17H,8-11H2,(H2,23,25)/t12-,17-/m0/s1. The fraction of sp³-hybridized carbons (Fsp3) is 0.316.